The van der Waals surface area contributed by atoms with Crippen LogP contribution in [0.25, 0.3) is 0 Å². The molecule has 0 saturated carbocycles. The quantitative estimate of drug-likeness (QED) is 0.898. The van der Waals surface area contributed by atoms with Crippen LogP contribution < -0.4 is 5.32 Å². The molecule has 7 heteroatoms. The van der Waals surface area contributed by atoms with E-state index in [4.69, 9.17) is 5.11 Å². The van der Waals surface area contributed by atoms with Crippen LogP contribution in [0.5, 0.6) is 0 Å². The van der Waals surface area contributed by atoms with Crippen LogP contribution in [0, 0.1) is 12.8 Å². The van der Waals surface area contributed by atoms with Crippen molar-refractivity contribution in [2.24, 2.45) is 5.92 Å². The highest BCUT2D eigenvalue weighted by atomic mass is 32.1. The highest BCUT2D eigenvalue weighted by molar-refractivity contribution is 7.13. The van der Waals surface area contributed by atoms with Crippen LogP contribution in [0.3, 0.4) is 0 Å². The summed E-state index contributed by atoms with van der Waals surface area (Å²) in [7, 11) is 0. The van der Waals surface area contributed by atoms with Crippen LogP contribution in [0.2, 0.25) is 0 Å². The average molecular weight is 311 g/mol. The maximum atomic E-state index is 12.2. The number of aryl methyl sites for hydroxylation is 1. The Bertz CT molecular complexity index is 544. The van der Waals surface area contributed by atoms with Gasteiger partial charge >= 0.3 is 12.0 Å². The summed E-state index contributed by atoms with van der Waals surface area (Å²) >= 11 is 1.11. The van der Waals surface area contributed by atoms with Crippen LogP contribution in [-0.4, -0.2) is 39.6 Å². The van der Waals surface area contributed by atoms with Gasteiger partial charge in [0.2, 0.25) is 0 Å². The van der Waals surface area contributed by atoms with Crippen molar-refractivity contribution in [1.82, 2.24) is 15.2 Å². The Balaban J connectivity index is 1.94. The number of aromatic carboxylic acids is 1. The van der Waals surface area contributed by atoms with E-state index in [1.54, 1.807) is 6.92 Å². The molecule has 0 aromatic carbocycles. The lowest BCUT2D eigenvalue weighted by Crippen LogP contribution is -2.49. The lowest BCUT2D eigenvalue weighted by Gasteiger charge is -2.36. The standard InChI is InChI=1S/C14H21N3O3S/c1-8-4-5-9(2)17(7-8)14(20)15-6-11-16-10(3)12(21-11)13(18)19/h8-9H,4-7H2,1-3H3,(H,15,20)(H,18,19). The summed E-state index contributed by atoms with van der Waals surface area (Å²) in [4.78, 5) is 29.5. The zero-order valence-corrected chi connectivity index (χ0v) is 13.4. The third kappa shape index (κ3) is 3.72. The van der Waals surface area contributed by atoms with E-state index >= 15 is 0 Å². The minimum Gasteiger partial charge on any atom is -0.477 e. The predicted molar refractivity (Wildman–Crippen MR) is 80.6 cm³/mol. The molecule has 2 amide bonds. The summed E-state index contributed by atoms with van der Waals surface area (Å²) in [6.07, 6.45) is 2.17. The summed E-state index contributed by atoms with van der Waals surface area (Å²) in [6, 6.07) is 0.146. The third-order valence-corrected chi connectivity index (χ3v) is 4.95. The highest BCUT2D eigenvalue weighted by Gasteiger charge is 2.26. The molecule has 1 aliphatic rings. The molecule has 1 saturated heterocycles. The van der Waals surface area contributed by atoms with Crippen molar-refractivity contribution in [3.05, 3.63) is 15.6 Å². The Labute approximate surface area is 128 Å². The van der Waals surface area contributed by atoms with Crippen molar-refractivity contribution in [2.45, 2.75) is 46.2 Å². The second-order valence-electron chi connectivity index (χ2n) is 5.67. The van der Waals surface area contributed by atoms with Crippen LogP contribution in [-0.2, 0) is 6.54 Å². The van der Waals surface area contributed by atoms with E-state index in [0.717, 1.165) is 30.7 Å². The number of thiazole rings is 1. The fourth-order valence-electron chi connectivity index (χ4n) is 2.55. The number of carboxylic acids is 1. The summed E-state index contributed by atoms with van der Waals surface area (Å²) in [5.74, 6) is -0.450. The minimum atomic E-state index is -0.971. The smallest absolute Gasteiger partial charge is 0.347 e. The van der Waals surface area contributed by atoms with E-state index in [0.29, 0.717) is 16.6 Å². The molecule has 2 heterocycles. The molecule has 0 aliphatic carbocycles. The number of hydrogen-bond donors (Lipinski definition) is 2. The Morgan fingerprint density at radius 2 is 2.14 bits per heavy atom. The molecule has 0 radical (unpaired) electrons. The van der Waals surface area contributed by atoms with Gasteiger partial charge in [0.05, 0.1) is 12.2 Å². The fraction of sp³-hybridized carbons (Fsp3) is 0.643. The molecule has 1 fully saturated rings. The van der Waals surface area contributed by atoms with Gasteiger partial charge < -0.3 is 15.3 Å². The molecule has 0 bridgehead atoms. The van der Waals surface area contributed by atoms with E-state index in [-0.39, 0.29) is 23.5 Å². The number of carbonyl (C=O) groups excluding carboxylic acids is 1. The number of likely N-dealkylation sites (tertiary alicyclic amines) is 1. The van der Waals surface area contributed by atoms with E-state index in [1.165, 1.54) is 0 Å². The second-order valence-corrected chi connectivity index (χ2v) is 6.75. The molecule has 1 aromatic rings. The lowest BCUT2D eigenvalue weighted by molar-refractivity contribution is 0.0701. The maximum Gasteiger partial charge on any atom is 0.347 e. The Kier molecular flexibility index (Phi) is 4.82. The van der Waals surface area contributed by atoms with Gasteiger partial charge in [-0.25, -0.2) is 14.6 Å². The normalized spacial score (nSPS) is 22.1. The molecule has 1 aliphatic heterocycles. The van der Waals surface area contributed by atoms with Gasteiger partial charge in [0.1, 0.15) is 9.88 Å². The van der Waals surface area contributed by atoms with E-state index in [1.807, 2.05) is 4.90 Å². The SMILES string of the molecule is Cc1nc(CNC(=O)N2CC(C)CCC2C)sc1C(=O)O. The first kappa shape index (κ1) is 15.8. The highest BCUT2D eigenvalue weighted by Crippen LogP contribution is 2.22. The van der Waals surface area contributed by atoms with Crippen molar-refractivity contribution in [3.8, 4) is 0 Å². The Morgan fingerprint density at radius 3 is 2.76 bits per heavy atom. The van der Waals surface area contributed by atoms with E-state index < -0.39 is 5.97 Å². The van der Waals surface area contributed by atoms with Gasteiger partial charge in [0.25, 0.3) is 0 Å². The Hall–Kier alpha value is -1.63. The molecule has 21 heavy (non-hydrogen) atoms. The molecular formula is C14H21N3O3S. The van der Waals surface area contributed by atoms with Gasteiger partial charge in [-0.1, -0.05) is 6.92 Å². The lowest BCUT2D eigenvalue weighted by atomic mass is 9.95. The topological polar surface area (TPSA) is 82.5 Å². The fourth-order valence-corrected chi connectivity index (χ4v) is 3.39. The van der Waals surface area contributed by atoms with Gasteiger partial charge in [-0.2, -0.15) is 0 Å². The molecule has 2 N–H and O–H groups in total. The van der Waals surface area contributed by atoms with Gasteiger partial charge in [0, 0.05) is 12.6 Å². The van der Waals surface area contributed by atoms with Crippen molar-refractivity contribution in [2.75, 3.05) is 6.54 Å². The number of urea groups is 1. The number of rotatable bonds is 3. The zero-order chi connectivity index (χ0) is 15.6. The molecule has 2 unspecified atom stereocenters. The number of carboxylic acid groups (broad SMARTS) is 1. The number of nitrogens with zero attached hydrogens (tertiary/aromatic N) is 2. The monoisotopic (exact) mass is 311 g/mol. The zero-order valence-electron chi connectivity index (χ0n) is 12.5. The van der Waals surface area contributed by atoms with Crippen LogP contribution in [0.4, 0.5) is 4.79 Å². The first-order chi connectivity index (χ1) is 9.88. The van der Waals surface area contributed by atoms with E-state index in [9.17, 15) is 9.59 Å². The number of hydrogen-bond acceptors (Lipinski definition) is 4. The van der Waals surface area contributed by atoms with E-state index in [2.05, 4.69) is 24.1 Å². The van der Waals surface area contributed by atoms with Gasteiger partial charge in [-0.15, -0.1) is 11.3 Å². The molecule has 2 rings (SSSR count). The van der Waals surface area contributed by atoms with Crippen LogP contribution >= 0.6 is 11.3 Å². The summed E-state index contributed by atoms with van der Waals surface area (Å²) in [5.41, 5.74) is 0.497. The number of amides is 2. The first-order valence-electron chi connectivity index (χ1n) is 7.12. The minimum absolute atomic E-state index is 0.0984. The number of aromatic nitrogens is 1. The summed E-state index contributed by atoms with van der Waals surface area (Å²) in [5, 5.41) is 12.5. The van der Waals surface area contributed by atoms with Gasteiger partial charge in [0.15, 0.2) is 0 Å². The largest absolute Gasteiger partial charge is 0.477 e. The van der Waals surface area contributed by atoms with Crippen molar-refractivity contribution >= 4 is 23.3 Å². The molecule has 2 atom stereocenters. The summed E-state index contributed by atoms with van der Waals surface area (Å²) < 4.78 is 0. The van der Waals surface area contributed by atoms with Crippen molar-refractivity contribution in [3.63, 3.8) is 0 Å². The van der Waals surface area contributed by atoms with Gasteiger partial charge in [-0.05, 0) is 32.6 Å². The second kappa shape index (κ2) is 6.43. The number of piperidine rings is 1. The first-order valence-corrected chi connectivity index (χ1v) is 7.94. The molecule has 6 nitrogen and oxygen atoms in total. The number of nitrogens with one attached hydrogen (secondary N) is 1. The van der Waals surface area contributed by atoms with Crippen molar-refractivity contribution < 1.29 is 14.7 Å². The molecular weight excluding hydrogens is 290 g/mol. The van der Waals surface area contributed by atoms with Crippen LogP contribution in [0.15, 0.2) is 0 Å². The van der Waals surface area contributed by atoms with Crippen molar-refractivity contribution in [1.29, 1.82) is 0 Å². The molecule has 0 spiro atoms. The summed E-state index contributed by atoms with van der Waals surface area (Å²) in [6.45, 7) is 6.91. The van der Waals surface area contributed by atoms with Gasteiger partial charge in [-0.3, -0.25) is 0 Å². The molecule has 1 aromatic heterocycles. The predicted octanol–water partition coefficient (Wildman–Crippen LogP) is 2.48. The average Bonchev–Trinajstić information content (AvgIpc) is 2.80. The third-order valence-electron chi connectivity index (χ3n) is 3.80. The maximum absolute atomic E-state index is 12.2. The van der Waals surface area contributed by atoms with Crippen LogP contribution in [0.1, 0.15) is 47.1 Å². The molecule has 116 valence electrons. The Morgan fingerprint density at radius 1 is 1.43 bits per heavy atom. The number of carbonyl (C=O) groups is 2.